The summed E-state index contributed by atoms with van der Waals surface area (Å²) in [4.78, 5) is 11.8. The maximum absolute atomic E-state index is 12.9. The molecule has 0 aliphatic carbocycles. The normalized spacial score (nSPS) is 12.9. The van der Waals surface area contributed by atoms with Gasteiger partial charge in [0.2, 0.25) is 0 Å². The third kappa shape index (κ3) is 5.44. The fourth-order valence-electron chi connectivity index (χ4n) is 1.27. The van der Waals surface area contributed by atoms with Gasteiger partial charge in [-0.2, -0.15) is 0 Å². The molecule has 0 saturated heterocycles. The minimum Gasteiger partial charge on any atom is -0.479 e. The number of halogens is 2. The number of ether oxygens (including phenoxy) is 1. The third-order valence-electron chi connectivity index (χ3n) is 2.29. The van der Waals surface area contributed by atoms with Crippen LogP contribution in [0.4, 0.5) is 4.39 Å². The van der Waals surface area contributed by atoms with Gasteiger partial charge in [0.1, 0.15) is 11.6 Å². The zero-order valence-electron chi connectivity index (χ0n) is 11.2. The van der Waals surface area contributed by atoms with Crippen LogP contribution in [0.5, 0.6) is 5.75 Å². The van der Waals surface area contributed by atoms with Crippen LogP contribution in [0, 0.1) is 5.82 Å². The summed E-state index contributed by atoms with van der Waals surface area (Å²) in [5, 5.41) is 2.79. The van der Waals surface area contributed by atoms with Crippen LogP contribution in [-0.2, 0) is 4.79 Å². The van der Waals surface area contributed by atoms with Crippen molar-refractivity contribution in [1.29, 1.82) is 0 Å². The number of carbonyl (C=O) groups is 1. The number of rotatable bonds is 5. The Hall–Kier alpha value is -1.33. The SMILES string of the molecule is CC(Oc1ccc(F)cc1Cl)C(=O)NCC(C)(C)N. The van der Waals surface area contributed by atoms with Gasteiger partial charge in [0.05, 0.1) is 5.02 Å². The molecule has 0 aliphatic heterocycles. The van der Waals surface area contributed by atoms with Gasteiger partial charge < -0.3 is 15.8 Å². The minimum atomic E-state index is -0.745. The zero-order chi connectivity index (χ0) is 14.6. The first-order valence-corrected chi connectivity index (χ1v) is 6.25. The van der Waals surface area contributed by atoms with Crippen LogP contribution in [0.1, 0.15) is 20.8 Å². The summed E-state index contributed by atoms with van der Waals surface area (Å²) in [7, 11) is 0. The van der Waals surface area contributed by atoms with Crippen molar-refractivity contribution in [3.05, 3.63) is 29.0 Å². The fraction of sp³-hybridized carbons (Fsp3) is 0.462. The van der Waals surface area contributed by atoms with Crippen LogP contribution in [0.3, 0.4) is 0 Å². The topological polar surface area (TPSA) is 64.3 Å². The van der Waals surface area contributed by atoms with Crippen LogP contribution in [0.25, 0.3) is 0 Å². The maximum atomic E-state index is 12.9. The number of hydrogen-bond acceptors (Lipinski definition) is 3. The molecule has 19 heavy (non-hydrogen) atoms. The van der Waals surface area contributed by atoms with E-state index >= 15 is 0 Å². The fourth-order valence-corrected chi connectivity index (χ4v) is 1.49. The van der Waals surface area contributed by atoms with Crippen molar-refractivity contribution in [3.63, 3.8) is 0 Å². The second-order valence-electron chi connectivity index (χ2n) is 5.04. The summed E-state index contributed by atoms with van der Waals surface area (Å²) >= 11 is 5.81. The van der Waals surface area contributed by atoms with Crippen molar-refractivity contribution >= 4 is 17.5 Å². The molecule has 0 fully saturated rings. The molecule has 0 saturated carbocycles. The Bertz CT molecular complexity index is 460. The summed E-state index contributed by atoms with van der Waals surface area (Å²) < 4.78 is 18.2. The van der Waals surface area contributed by atoms with Crippen LogP contribution < -0.4 is 15.8 Å². The molecular weight excluding hydrogens is 271 g/mol. The molecule has 0 radical (unpaired) electrons. The number of nitrogens with two attached hydrogens (primary N) is 1. The molecular formula is C13H18ClFN2O2. The van der Waals surface area contributed by atoms with Crippen LogP contribution >= 0.6 is 11.6 Å². The zero-order valence-corrected chi connectivity index (χ0v) is 11.9. The van der Waals surface area contributed by atoms with Crippen molar-refractivity contribution in [2.45, 2.75) is 32.4 Å². The van der Waals surface area contributed by atoms with Crippen molar-refractivity contribution < 1.29 is 13.9 Å². The lowest BCUT2D eigenvalue weighted by molar-refractivity contribution is -0.127. The second kappa shape index (κ2) is 6.21. The molecule has 4 nitrogen and oxygen atoms in total. The highest BCUT2D eigenvalue weighted by Crippen LogP contribution is 2.25. The molecule has 1 rings (SSSR count). The average Bonchev–Trinajstić information content (AvgIpc) is 2.28. The van der Waals surface area contributed by atoms with Gasteiger partial charge in [-0.15, -0.1) is 0 Å². The molecule has 1 aromatic carbocycles. The Balaban J connectivity index is 2.59. The highest BCUT2D eigenvalue weighted by atomic mass is 35.5. The van der Waals surface area contributed by atoms with Crippen LogP contribution in [0.15, 0.2) is 18.2 Å². The molecule has 106 valence electrons. The van der Waals surface area contributed by atoms with Gasteiger partial charge >= 0.3 is 0 Å². The quantitative estimate of drug-likeness (QED) is 0.872. The Labute approximate surface area is 117 Å². The lowest BCUT2D eigenvalue weighted by Gasteiger charge is -2.21. The number of hydrogen-bond donors (Lipinski definition) is 2. The first-order chi connectivity index (χ1) is 8.69. The average molecular weight is 289 g/mol. The van der Waals surface area contributed by atoms with Gasteiger partial charge in [0.15, 0.2) is 6.10 Å². The third-order valence-corrected chi connectivity index (χ3v) is 2.58. The molecule has 0 heterocycles. The van der Waals surface area contributed by atoms with E-state index in [-0.39, 0.29) is 16.7 Å². The van der Waals surface area contributed by atoms with E-state index in [1.54, 1.807) is 20.8 Å². The van der Waals surface area contributed by atoms with E-state index in [1.165, 1.54) is 12.1 Å². The van der Waals surface area contributed by atoms with Gasteiger partial charge in [-0.3, -0.25) is 4.79 Å². The van der Waals surface area contributed by atoms with Crippen molar-refractivity contribution in [2.24, 2.45) is 5.73 Å². The Morgan fingerprint density at radius 2 is 2.21 bits per heavy atom. The Morgan fingerprint density at radius 3 is 2.74 bits per heavy atom. The van der Waals surface area contributed by atoms with Gasteiger partial charge in [-0.05, 0) is 39.0 Å². The summed E-state index contributed by atoms with van der Waals surface area (Å²) in [5.74, 6) is -0.504. The van der Waals surface area contributed by atoms with E-state index < -0.39 is 17.5 Å². The van der Waals surface area contributed by atoms with Gasteiger partial charge in [0, 0.05) is 12.1 Å². The summed E-state index contributed by atoms with van der Waals surface area (Å²) in [6, 6.07) is 3.73. The molecule has 1 atom stereocenters. The van der Waals surface area contributed by atoms with Gasteiger partial charge in [0.25, 0.3) is 5.91 Å². The van der Waals surface area contributed by atoms with Crippen molar-refractivity contribution in [2.75, 3.05) is 6.54 Å². The molecule has 1 unspecified atom stereocenters. The molecule has 3 N–H and O–H groups in total. The lowest BCUT2D eigenvalue weighted by Crippen LogP contribution is -2.48. The number of nitrogens with one attached hydrogen (secondary N) is 1. The Morgan fingerprint density at radius 1 is 1.58 bits per heavy atom. The number of carbonyl (C=O) groups excluding carboxylic acids is 1. The number of amides is 1. The van der Waals surface area contributed by atoms with Gasteiger partial charge in [-0.1, -0.05) is 11.6 Å². The summed E-state index contributed by atoms with van der Waals surface area (Å²) in [6.07, 6.45) is -0.745. The van der Waals surface area contributed by atoms with E-state index in [0.29, 0.717) is 6.54 Å². The second-order valence-corrected chi connectivity index (χ2v) is 5.45. The smallest absolute Gasteiger partial charge is 0.260 e. The molecule has 1 aromatic rings. The molecule has 1 amide bonds. The summed E-state index contributed by atoms with van der Waals surface area (Å²) in [6.45, 7) is 5.51. The highest BCUT2D eigenvalue weighted by molar-refractivity contribution is 6.32. The van der Waals surface area contributed by atoms with E-state index in [9.17, 15) is 9.18 Å². The lowest BCUT2D eigenvalue weighted by atomic mass is 10.1. The summed E-state index contributed by atoms with van der Waals surface area (Å²) in [5.41, 5.74) is 5.26. The highest BCUT2D eigenvalue weighted by Gasteiger charge is 2.19. The predicted octanol–water partition coefficient (Wildman–Crippen LogP) is 2.10. The van der Waals surface area contributed by atoms with Crippen molar-refractivity contribution in [3.8, 4) is 5.75 Å². The molecule has 0 aliphatic rings. The minimum absolute atomic E-state index is 0.124. The standard InChI is InChI=1S/C13H18ClFN2O2/c1-8(12(18)17-7-13(2,3)16)19-11-5-4-9(15)6-10(11)14/h4-6,8H,7,16H2,1-3H3,(H,17,18). The predicted molar refractivity (Wildman–Crippen MR) is 72.8 cm³/mol. The molecule has 0 aromatic heterocycles. The van der Waals surface area contributed by atoms with Crippen LogP contribution in [-0.4, -0.2) is 24.1 Å². The molecule has 0 spiro atoms. The van der Waals surface area contributed by atoms with E-state index in [4.69, 9.17) is 22.1 Å². The van der Waals surface area contributed by atoms with E-state index in [2.05, 4.69) is 5.32 Å². The maximum Gasteiger partial charge on any atom is 0.260 e. The largest absolute Gasteiger partial charge is 0.479 e. The van der Waals surface area contributed by atoms with E-state index in [0.717, 1.165) is 6.07 Å². The monoisotopic (exact) mass is 288 g/mol. The van der Waals surface area contributed by atoms with Crippen molar-refractivity contribution in [1.82, 2.24) is 5.32 Å². The van der Waals surface area contributed by atoms with Crippen LogP contribution in [0.2, 0.25) is 5.02 Å². The Kier molecular flexibility index (Phi) is 5.14. The molecule has 6 heteroatoms. The van der Waals surface area contributed by atoms with Gasteiger partial charge in [-0.25, -0.2) is 4.39 Å². The van der Waals surface area contributed by atoms with E-state index in [1.807, 2.05) is 0 Å². The number of benzene rings is 1. The first-order valence-electron chi connectivity index (χ1n) is 5.87. The molecule has 0 bridgehead atoms. The first kappa shape index (κ1) is 15.7.